The highest BCUT2D eigenvalue weighted by Crippen LogP contribution is 2.30. The molecule has 0 radical (unpaired) electrons. The third-order valence-electron chi connectivity index (χ3n) is 19.0. The molecule has 9 N–H and O–H groups in total. The van der Waals surface area contributed by atoms with Gasteiger partial charge in [-0.15, -0.1) is 0 Å². The maximum Gasteiger partial charge on any atom is 0.220 e. The summed E-state index contributed by atoms with van der Waals surface area (Å²) in [5.41, 5.74) is 0. The first-order chi connectivity index (χ1) is 45.1. The molecule has 2 rings (SSSR count). The molecule has 540 valence electrons. The Morgan fingerprint density at radius 3 is 1.10 bits per heavy atom. The molecule has 0 aliphatic carbocycles. The van der Waals surface area contributed by atoms with E-state index in [1.165, 1.54) is 270 Å². The zero-order valence-electron chi connectivity index (χ0n) is 59.1. The molecule has 1 amide bonds. The summed E-state index contributed by atoms with van der Waals surface area (Å²) >= 11 is 0. The topological polar surface area (TPSA) is 228 Å². The van der Waals surface area contributed by atoms with Crippen LogP contribution in [0.15, 0.2) is 48.6 Å². The van der Waals surface area contributed by atoms with E-state index >= 15 is 0 Å². The summed E-state index contributed by atoms with van der Waals surface area (Å²) in [6.07, 6.45) is 66.1. The van der Waals surface area contributed by atoms with Gasteiger partial charge in [-0.3, -0.25) is 4.79 Å². The minimum absolute atomic E-state index is 0.233. The molecule has 12 atom stereocenters. The van der Waals surface area contributed by atoms with E-state index in [1.807, 2.05) is 6.08 Å². The van der Waals surface area contributed by atoms with E-state index in [-0.39, 0.29) is 18.9 Å². The van der Waals surface area contributed by atoms with Crippen molar-refractivity contribution in [1.29, 1.82) is 0 Å². The molecule has 2 aliphatic rings. The highest BCUT2D eigenvalue weighted by Gasteiger charge is 2.51. The smallest absolute Gasteiger partial charge is 0.220 e. The van der Waals surface area contributed by atoms with Gasteiger partial charge in [0.05, 0.1) is 32.0 Å². The second-order valence-corrected chi connectivity index (χ2v) is 27.5. The van der Waals surface area contributed by atoms with Crippen LogP contribution in [0.5, 0.6) is 0 Å². The number of hydrogen-bond donors (Lipinski definition) is 9. The Morgan fingerprint density at radius 1 is 0.391 bits per heavy atom. The Morgan fingerprint density at radius 2 is 0.717 bits per heavy atom. The van der Waals surface area contributed by atoms with E-state index < -0.39 is 86.8 Å². The predicted octanol–water partition coefficient (Wildman–Crippen LogP) is 17.0. The Bertz CT molecular complexity index is 1730. The number of amides is 1. The third kappa shape index (κ3) is 45.5. The van der Waals surface area contributed by atoms with Crippen LogP contribution in [-0.4, -0.2) is 140 Å². The number of carbonyl (C=O) groups excluding carboxylic acids is 1. The van der Waals surface area contributed by atoms with Gasteiger partial charge in [-0.2, -0.15) is 0 Å². The molecule has 0 spiro atoms. The first-order valence-electron chi connectivity index (χ1n) is 38.9. The minimum Gasteiger partial charge on any atom is -0.394 e. The SMILES string of the molecule is CCCCCCC/C=C\C/C=C\C/C=C\CCCCCCCCCCCCCCCCCCCCCCCCC(=O)NC(COC1OC(CO)C(OC2OC(CO)C(O)C(O)C2O)C(O)C1O)C(O)/C=C/CCCCCCCCCCCCCCCCCCCCC. The minimum atomic E-state index is -1.79. The Kier molecular flexibility index (Phi) is 58.4. The van der Waals surface area contributed by atoms with Crippen LogP contribution in [0.4, 0.5) is 0 Å². The average Bonchev–Trinajstić information content (AvgIpc) is 0.915. The normalized spacial score (nSPS) is 22.9. The summed E-state index contributed by atoms with van der Waals surface area (Å²) < 4.78 is 22.9. The molecular formula is C78H145NO13. The van der Waals surface area contributed by atoms with Gasteiger partial charge in [0.1, 0.15) is 48.8 Å². The molecule has 0 aromatic carbocycles. The van der Waals surface area contributed by atoms with Crippen molar-refractivity contribution in [3.05, 3.63) is 48.6 Å². The zero-order chi connectivity index (χ0) is 66.6. The summed E-state index contributed by atoms with van der Waals surface area (Å²) in [4.78, 5) is 13.4. The van der Waals surface area contributed by atoms with Gasteiger partial charge in [0.2, 0.25) is 5.91 Å². The largest absolute Gasteiger partial charge is 0.394 e. The van der Waals surface area contributed by atoms with Gasteiger partial charge in [-0.25, -0.2) is 0 Å². The van der Waals surface area contributed by atoms with Gasteiger partial charge in [0.15, 0.2) is 12.6 Å². The number of aliphatic hydroxyl groups is 8. The van der Waals surface area contributed by atoms with Crippen molar-refractivity contribution in [1.82, 2.24) is 5.32 Å². The number of allylic oxidation sites excluding steroid dienone is 7. The van der Waals surface area contributed by atoms with Crippen LogP contribution < -0.4 is 5.32 Å². The maximum absolute atomic E-state index is 13.4. The number of ether oxygens (including phenoxy) is 4. The van der Waals surface area contributed by atoms with Crippen LogP contribution in [0, 0.1) is 0 Å². The van der Waals surface area contributed by atoms with Crippen molar-refractivity contribution in [2.24, 2.45) is 0 Å². The lowest BCUT2D eigenvalue weighted by Crippen LogP contribution is -2.65. The monoisotopic (exact) mass is 1300 g/mol. The number of hydrogen-bond acceptors (Lipinski definition) is 13. The number of unbranched alkanes of at least 4 members (excludes halogenated alkanes) is 46. The van der Waals surface area contributed by atoms with Gasteiger partial charge in [-0.05, 0) is 57.8 Å². The number of carbonyl (C=O) groups is 1. The summed E-state index contributed by atoms with van der Waals surface area (Å²) in [5, 5.41) is 87.6. The molecular weight excluding hydrogens is 1160 g/mol. The van der Waals surface area contributed by atoms with E-state index in [9.17, 15) is 45.6 Å². The molecule has 0 aromatic rings. The van der Waals surface area contributed by atoms with Crippen molar-refractivity contribution in [2.75, 3.05) is 19.8 Å². The standard InChI is InChI=1S/C78H145NO13/c1-3-5-7-9-11-13-15-17-19-21-23-25-26-27-28-29-30-31-32-33-34-35-36-37-38-39-40-42-44-46-48-50-52-54-56-58-60-62-70(83)79-66(67(82)61-59-57-55-53-51-49-47-45-43-41-24-22-20-18-16-14-12-10-8-6-4-2)65-89-77-75(88)73(86)76(69(64-81)91-77)92-78-74(87)72(85)71(84)68(63-80)90-78/h15,17,21,23,26-27,59,61,66-69,71-78,80-82,84-88H,3-14,16,18-20,22,24-25,28-58,60,62-65H2,1-2H3,(H,79,83)/b17-15-,23-21-,27-26-,61-59+. The van der Waals surface area contributed by atoms with Gasteiger partial charge >= 0.3 is 0 Å². The van der Waals surface area contributed by atoms with Crippen LogP contribution in [-0.2, 0) is 23.7 Å². The highest BCUT2D eigenvalue weighted by atomic mass is 16.7. The van der Waals surface area contributed by atoms with Crippen LogP contribution in [0.3, 0.4) is 0 Å². The van der Waals surface area contributed by atoms with Crippen molar-refractivity contribution >= 4 is 5.91 Å². The molecule has 2 aliphatic heterocycles. The molecule has 2 fully saturated rings. The van der Waals surface area contributed by atoms with E-state index in [4.69, 9.17) is 18.9 Å². The molecule has 12 unspecified atom stereocenters. The third-order valence-corrected chi connectivity index (χ3v) is 19.0. The van der Waals surface area contributed by atoms with Crippen LogP contribution >= 0.6 is 0 Å². The highest BCUT2D eigenvalue weighted by molar-refractivity contribution is 5.76. The van der Waals surface area contributed by atoms with Crippen molar-refractivity contribution in [3.63, 3.8) is 0 Å². The van der Waals surface area contributed by atoms with Crippen molar-refractivity contribution < 1.29 is 64.6 Å². The lowest BCUT2D eigenvalue weighted by atomic mass is 9.97. The lowest BCUT2D eigenvalue weighted by Gasteiger charge is -2.46. The summed E-state index contributed by atoms with van der Waals surface area (Å²) in [6, 6.07) is -0.915. The van der Waals surface area contributed by atoms with E-state index in [2.05, 4.69) is 55.6 Å². The molecule has 0 saturated carbocycles. The second-order valence-electron chi connectivity index (χ2n) is 27.5. The molecule has 0 aromatic heterocycles. The average molecular weight is 1310 g/mol. The second kappa shape index (κ2) is 62.5. The molecule has 14 nitrogen and oxygen atoms in total. The van der Waals surface area contributed by atoms with Gasteiger partial charge in [0, 0.05) is 6.42 Å². The maximum atomic E-state index is 13.4. The Labute approximate surface area is 563 Å². The summed E-state index contributed by atoms with van der Waals surface area (Å²) in [5.74, 6) is -0.233. The first kappa shape index (κ1) is 86.0. The van der Waals surface area contributed by atoms with Crippen molar-refractivity contribution in [2.45, 2.75) is 421 Å². The quantitative estimate of drug-likeness (QED) is 0.0204. The number of rotatable bonds is 65. The molecule has 0 bridgehead atoms. The molecule has 14 heteroatoms. The fourth-order valence-electron chi connectivity index (χ4n) is 12.8. The lowest BCUT2D eigenvalue weighted by molar-refractivity contribution is -0.359. The molecule has 2 heterocycles. The van der Waals surface area contributed by atoms with Crippen molar-refractivity contribution in [3.8, 4) is 0 Å². The zero-order valence-corrected chi connectivity index (χ0v) is 59.1. The van der Waals surface area contributed by atoms with E-state index in [0.717, 1.165) is 51.4 Å². The molecule has 2 saturated heterocycles. The molecule has 92 heavy (non-hydrogen) atoms. The Hall–Kier alpha value is -2.05. The summed E-state index contributed by atoms with van der Waals surface area (Å²) in [6.45, 7) is 2.84. The number of nitrogens with one attached hydrogen (secondary N) is 1. The predicted molar refractivity (Wildman–Crippen MR) is 378 cm³/mol. The van der Waals surface area contributed by atoms with Gasteiger partial charge in [0.25, 0.3) is 0 Å². The van der Waals surface area contributed by atoms with Gasteiger partial charge in [-0.1, -0.05) is 332 Å². The fraction of sp³-hybridized carbons (Fsp3) is 0.885. The summed E-state index contributed by atoms with van der Waals surface area (Å²) in [7, 11) is 0. The van der Waals surface area contributed by atoms with E-state index in [1.54, 1.807) is 6.08 Å². The first-order valence-corrected chi connectivity index (χ1v) is 38.9. The van der Waals surface area contributed by atoms with Crippen LogP contribution in [0.2, 0.25) is 0 Å². The number of aliphatic hydroxyl groups excluding tert-OH is 8. The Balaban J connectivity index is 1.59. The van der Waals surface area contributed by atoms with E-state index in [0.29, 0.717) is 6.42 Å². The van der Waals surface area contributed by atoms with Gasteiger partial charge < -0.3 is 65.1 Å². The van der Waals surface area contributed by atoms with Crippen LogP contribution in [0.25, 0.3) is 0 Å². The van der Waals surface area contributed by atoms with Crippen LogP contribution in [0.1, 0.15) is 348 Å². The fourth-order valence-corrected chi connectivity index (χ4v) is 12.8.